The molecule has 1 rings (SSSR count). The molecule has 1 fully saturated rings. The van der Waals surface area contributed by atoms with Gasteiger partial charge in [-0.2, -0.15) is 0 Å². The summed E-state index contributed by atoms with van der Waals surface area (Å²) in [6.45, 7) is 5.90. The number of hydrogen-bond acceptors (Lipinski definition) is 1. The largest absolute Gasteiger partial charge is 0.501 e. The molecule has 0 radical (unpaired) electrons. The Morgan fingerprint density at radius 3 is 2.82 bits per heavy atom. The molecule has 2 unspecified atom stereocenters. The van der Waals surface area contributed by atoms with Crippen molar-refractivity contribution < 1.29 is 4.74 Å². The van der Waals surface area contributed by atoms with Crippen LogP contribution in [0.25, 0.3) is 0 Å². The van der Waals surface area contributed by atoms with E-state index >= 15 is 0 Å². The summed E-state index contributed by atoms with van der Waals surface area (Å²) in [6.07, 6.45) is 6.47. The average molecular weight is 152 g/mol. The van der Waals surface area contributed by atoms with Crippen LogP contribution in [-0.4, -0.2) is 7.11 Å². The van der Waals surface area contributed by atoms with Crippen LogP contribution in [-0.2, 0) is 4.74 Å². The first-order chi connectivity index (χ1) is 5.33. The van der Waals surface area contributed by atoms with Crippen LogP contribution in [0.4, 0.5) is 0 Å². The summed E-state index contributed by atoms with van der Waals surface area (Å²) in [4.78, 5) is 0. The van der Waals surface area contributed by atoms with E-state index in [1.807, 2.05) is 6.08 Å². The maximum Gasteiger partial charge on any atom is 0.0952 e. The van der Waals surface area contributed by atoms with E-state index in [0.29, 0.717) is 11.8 Å². The quantitative estimate of drug-likeness (QED) is 0.444. The first kappa shape index (κ1) is 8.38. The molecule has 0 amide bonds. The van der Waals surface area contributed by atoms with Crippen LogP contribution in [0, 0.1) is 11.8 Å². The number of hydrogen-bond donors (Lipinski definition) is 0. The number of ether oxygens (including phenoxy) is 1. The summed E-state index contributed by atoms with van der Waals surface area (Å²) < 4.78 is 5.26. The van der Waals surface area contributed by atoms with E-state index in [1.54, 1.807) is 7.11 Å². The van der Waals surface area contributed by atoms with Crippen molar-refractivity contribution in [2.24, 2.45) is 11.8 Å². The van der Waals surface area contributed by atoms with E-state index < -0.39 is 0 Å². The zero-order valence-electron chi connectivity index (χ0n) is 7.34. The highest BCUT2D eigenvalue weighted by atomic mass is 16.5. The highest BCUT2D eigenvalue weighted by Gasteiger charge is 2.38. The normalized spacial score (nSPS) is 29.8. The summed E-state index contributed by atoms with van der Waals surface area (Å²) in [5, 5.41) is 0. The van der Waals surface area contributed by atoms with Crippen molar-refractivity contribution >= 4 is 0 Å². The van der Waals surface area contributed by atoms with Gasteiger partial charge in [-0.05, 0) is 24.8 Å². The van der Waals surface area contributed by atoms with Crippen LogP contribution in [0.15, 0.2) is 24.5 Å². The molecule has 0 N–H and O–H groups in total. The first-order valence-electron chi connectivity index (χ1n) is 4.20. The third-order valence-electron chi connectivity index (χ3n) is 2.15. The van der Waals surface area contributed by atoms with Crippen molar-refractivity contribution in [1.82, 2.24) is 0 Å². The fourth-order valence-corrected chi connectivity index (χ4v) is 1.39. The van der Waals surface area contributed by atoms with Crippen LogP contribution < -0.4 is 0 Å². The number of allylic oxidation sites excluding steroid dienone is 3. The fourth-order valence-electron chi connectivity index (χ4n) is 1.39. The molecule has 0 aromatic carbocycles. The van der Waals surface area contributed by atoms with Crippen molar-refractivity contribution in [2.75, 3.05) is 7.11 Å². The Kier molecular flexibility index (Phi) is 2.75. The maximum absolute atomic E-state index is 5.26. The van der Waals surface area contributed by atoms with Gasteiger partial charge in [-0.1, -0.05) is 13.0 Å². The number of rotatable bonds is 4. The van der Waals surface area contributed by atoms with E-state index in [9.17, 15) is 0 Å². The topological polar surface area (TPSA) is 9.23 Å². The van der Waals surface area contributed by atoms with Crippen molar-refractivity contribution in [3.63, 3.8) is 0 Å². The summed E-state index contributed by atoms with van der Waals surface area (Å²) in [6, 6.07) is 0. The predicted octanol–water partition coefficient (Wildman–Crippen LogP) is 2.75. The Balaban J connectivity index is 2.45. The molecule has 62 valence electrons. The van der Waals surface area contributed by atoms with Crippen molar-refractivity contribution in [3.05, 3.63) is 24.5 Å². The molecule has 0 heterocycles. The molecule has 1 saturated carbocycles. The Labute approximate surface area is 68.8 Å². The van der Waals surface area contributed by atoms with Gasteiger partial charge in [0.05, 0.1) is 12.9 Å². The van der Waals surface area contributed by atoms with E-state index in [1.165, 1.54) is 6.42 Å². The van der Waals surface area contributed by atoms with Gasteiger partial charge in [-0.15, -0.1) is 6.58 Å². The second-order valence-electron chi connectivity index (χ2n) is 2.96. The van der Waals surface area contributed by atoms with Crippen molar-refractivity contribution in [2.45, 2.75) is 19.8 Å². The summed E-state index contributed by atoms with van der Waals surface area (Å²) in [5.74, 6) is 2.46. The Morgan fingerprint density at radius 1 is 1.73 bits per heavy atom. The van der Waals surface area contributed by atoms with Gasteiger partial charge < -0.3 is 4.74 Å². The zero-order chi connectivity index (χ0) is 8.27. The third-order valence-corrected chi connectivity index (χ3v) is 2.15. The average Bonchev–Trinajstić information content (AvgIpc) is 2.79. The SMILES string of the molecule is C=CC1CC1/C(=C\CC)OC. The molecule has 1 aliphatic carbocycles. The molecule has 1 aliphatic rings. The lowest BCUT2D eigenvalue weighted by molar-refractivity contribution is 0.266. The van der Waals surface area contributed by atoms with Gasteiger partial charge in [0, 0.05) is 5.92 Å². The van der Waals surface area contributed by atoms with Crippen molar-refractivity contribution in [3.8, 4) is 0 Å². The molecule has 0 bridgehead atoms. The lowest BCUT2D eigenvalue weighted by Gasteiger charge is -2.02. The molecule has 1 heteroatoms. The fraction of sp³-hybridized carbons (Fsp3) is 0.600. The molecule has 0 spiro atoms. The Bertz CT molecular complexity index is 170. The highest BCUT2D eigenvalue weighted by Crippen LogP contribution is 2.45. The van der Waals surface area contributed by atoms with Gasteiger partial charge in [0.1, 0.15) is 0 Å². The second kappa shape index (κ2) is 3.61. The minimum Gasteiger partial charge on any atom is -0.501 e. The zero-order valence-corrected chi connectivity index (χ0v) is 7.34. The molecular weight excluding hydrogens is 136 g/mol. The lowest BCUT2D eigenvalue weighted by atomic mass is 10.2. The monoisotopic (exact) mass is 152 g/mol. The summed E-state index contributed by atoms with van der Waals surface area (Å²) >= 11 is 0. The lowest BCUT2D eigenvalue weighted by Crippen LogP contribution is -1.90. The van der Waals surface area contributed by atoms with Gasteiger partial charge in [0.2, 0.25) is 0 Å². The molecule has 0 aromatic rings. The van der Waals surface area contributed by atoms with Gasteiger partial charge >= 0.3 is 0 Å². The third kappa shape index (κ3) is 1.86. The van der Waals surface area contributed by atoms with Crippen LogP contribution in [0.2, 0.25) is 0 Å². The Morgan fingerprint density at radius 2 is 2.45 bits per heavy atom. The molecule has 11 heavy (non-hydrogen) atoms. The summed E-state index contributed by atoms with van der Waals surface area (Å²) in [5.41, 5.74) is 0. The minimum atomic E-state index is 0.637. The van der Waals surface area contributed by atoms with Gasteiger partial charge in [0.25, 0.3) is 0 Å². The molecular formula is C10H16O. The van der Waals surface area contributed by atoms with Crippen molar-refractivity contribution in [1.29, 1.82) is 0 Å². The maximum atomic E-state index is 5.26. The number of methoxy groups -OCH3 is 1. The molecule has 1 nitrogen and oxygen atoms in total. The molecule has 0 saturated heterocycles. The first-order valence-corrected chi connectivity index (χ1v) is 4.20. The van der Waals surface area contributed by atoms with Crippen LogP contribution in [0.5, 0.6) is 0 Å². The van der Waals surface area contributed by atoms with E-state index in [-0.39, 0.29) is 0 Å². The molecule has 0 aliphatic heterocycles. The predicted molar refractivity (Wildman–Crippen MR) is 47.2 cm³/mol. The molecule has 2 atom stereocenters. The molecule has 0 aromatic heterocycles. The van der Waals surface area contributed by atoms with E-state index in [4.69, 9.17) is 4.74 Å². The van der Waals surface area contributed by atoms with Crippen LogP contribution in [0.3, 0.4) is 0 Å². The van der Waals surface area contributed by atoms with Crippen LogP contribution in [0.1, 0.15) is 19.8 Å². The minimum absolute atomic E-state index is 0.637. The highest BCUT2D eigenvalue weighted by molar-refractivity contribution is 5.14. The Hall–Kier alpha value is -0.720. The van der Waals surface area contributed by atoms with Gasteiger partial charge in [-0.25, -0.2) is 0 Å². The van der Waals surface area contributed by atoms with Crippen LogP contribution >= 0.6 is 0 Å². The van der Waals surface area contributed by atoms with Gasteiger partial charge in [-0.3, -0.25) is 0 Å². The van der Waals surface area contributed by atoms with E-state index in [0.717, 1.165) is 12.2 Å². The second-order valence-corrected chi connectivity index (χ2v) is 2.96. The van der Waals surface area contributed by atoms with E-state index in [2.05, 4.69) is 19.6 Å². The van der Waals surface area contributed by atoms with Gasteiger partial charge in [0.15, 0.2) is 0 Å². The smallest absolute Gasteiger partial charge is 0.0952 e. The standard InChI is InChI=1S/C10H16O/c1-4-6-10(11-3)9-7-8(9)5-2/h5-6,8-9H,2,4,7H2,1,3H3/b10-6+. The summed E-state index contributed by atoms with van der Waals surface area (Å²) in [7, 11) is 1.75.